The van der Waals surface area contributed by atoms with Gasteiger partial charge in [-0.15, -0.1) is 0 Å². The van der Waals surface area contributed by atoms with Crippen molar-refractivity contribution in [3.8, 4) is 0 Å². The number of aliphatic hydroxyl groups excluding tert-OH is 1. The normalized spacial score (nSPS) is 19.0. The second kappa shape index (κ2) is 4.08. The zero-order valence-corrected chi connectivity index (χ0v) is 10.8. The van der Waals surface area contributed by atoms with Crippen LogP contribution in [0.25, 0.3) is 0 Å². The molecule has 1 heterocycles. The summed E-state index contributed by atoms with van der Waals surface area (Å²) in [6.07, 6.45) is 2.71. The van der Waals surface area contributed by atoms with Crippen molar-refractivity contribution in [2.75, 3.05) is 0 Å². The second-order valence-corrected chi connectivity index (χ2v) is 6.41. The van der Waals surface area contributed by atoms with Crippen LogP contribution in [0.3, 0.4) is 0 Å². The summed E-state index contributed by atoms with van der Waals surface area (Å²) in [6, 6.07) is 0. The van der Waals surface area contributed by atoms with Gasteiger partial charge in [0.05, 0.1) is 6.61 Å². The zero-order chi connectivity index (χ0) is 12.7. The molecule has 0 bridgehead atoms. The van der Waals surface area contributed by atoms with E-state index in [0.29, 0.717) is 11.3 Å². The number of hydrogen-bond acceptors (Lipinski definition) is 4. The van der Waals surface area contributed by atoms with Crippen LogP contribution in [-0.2, 0) is 16.6 Å². The lowest BCUT2D eigenvalue weighted by atomic mass is 9.80. The molecule has 0 spiro atoms. The van der Waals surface area contributed by atoms with Crippen LogP contribution >= 0.6 is 0 Å². The minimum atomic E-state index is -3.65. The van der Waals surface area contributed by atoms with Gasteiger partial charge in [0, 0.05) is 16.8 Å². The van der Waals surface area contributed by atoms with E-state index in [1.54, 1.807) is 6.92 Å². The topological polar surface area (TPSA) is 95.1 Å². The Balaban J connectivity index is 2.31. The summed E-state index contributed by atoms with van der Waals surface area (Å²) in [5.41, 5.74) is 0.547. The van der Waals surface area contributed by atoms with Gasteiger partial charge in [-0.1, -0.05) is 0 Å². The van der Waals surface area contributed by atoms with E-state index < -0.39 is 10.0 Å². The summed E-state index contributed by atoms with van der Waals surface area (Å²) in [4.78, 5) is 0. The van der Waals surface area contributed by atoms with Gasteiger partial charge in [0.2, 0.25) is 0 Å². The number of H-pyrrole nitrogens is 1. The van der Waals surface area contributed by atoms with Crippen molar-refractivity contribution in [3.05, 3.63) is 11.3 Å². The Morgan fingerprint density at radius 1 is 1.53 bits per heavy atom. The van der Waals surface area contributed by atoms with Crippen LogP contribution in [0.1, 0.15) is 37.4 Å². The standard InChI is InChI=1S/C10H17N3O3S/c1-7-8(6-14)9(12-11-7)17(15,16)13-10(2)4-3-5-10/h13-14H,3-6H2,1-2H3,(H,11,12). The van der Waals surface area contributed by atoms with Crippen molar-refractivity contribution < 1.29 is 13.5 Å². The zero-order valence-electron chi connectivity index (χ0n) is 9.95. The molecule has 0 aromatic carbocycles. The van der Waals surface area contributed by atoms with E-state index in [9.17, 15) is 8.42 Å². The number of aliphatic hydroxyl groups is 1. The summed E-state index contributed by atoms with van der Waals surface area (Å²) in [5, 5.41) is 15.4. The summed E-state index contributed by atoms with van der Waals surface area (Å²) < 4.78 is 26.9. The highest BCUT2D eigenvalue weighted by atomic mass is 32.2. The molecule has 1 fully saturated rings. The number of nitrogens with one attached hydrogen (secondary N) is 2. The Hall–Kier alpha value is -0.920. The molecule has 1 aliphatic carbocycles. The Labute approximate surface area is 100 Å². The van der Waals surface area contributed by atoms with Gasteiger partial charge in [-0.3, -0.25) is 5.10 Å². The van der Waals surface area contributed by atoms with Crippen molar-refractivity contribution in [3.63, 3.8) is 0 Å². The van der Waals surface area contributed by atoms with Gasteiger partial charge in [0.1, 0.15) is 0 Å². The van der Waals surface area contributed by atoms with Gasteiger partial charge in [0.15, 0.2) is 5.03 Å². The number of rotatable bonds is 4. The molecule has 1 aliphatic rings. The molecule has 0 aliphatic heterocycles. The van der Waals surface area contributed by atoms with Crippen LogP contribution in [0, 0.1) is 6.92 Å². The van der Waals surface area contributed by atoms with Crippen molar-refractivity contribution in [1.29, 1.82) is 0 Å². The fraction of sp³-hybridized carbons (Fsp3) is 0.700. The molecule has 1 saturated carbocycles. The fourth-order valence-corrected chi connectivity index (χ4v) is 3.68. The highest BCUT2D eigenvalue weighted by molar-refractivity contribution is 7.89. The second-order valence-electron chi connectivity index (χ2n) is 4.81. The molecule has 3 N–H and O–H groups in total. The molecule has 0 unspecified atom stereocenters. The first-order chi connectivity index (χ1) is 7.88. The Morgan fingerprint density at radius 3 is 2.65 bits per heavy atom. The minimum absolute atomic E-state index is 0.0920. The number of nitrogens with zero attached hydrogens (tertiary/aromatic N) is 1. The average molecular weight is 259 g/mol. The fourth-order valence-electron chi connectivity index (χ4n) is 2.02. The molecule has 1 aromatic heterocycles. The average Bonchev–Trinajstić information content (AvgIpc) is 2.57. The largest absolute Gasteiger partial charge is 0.392 e. The van der Waals surface area contributed by atoms with E-state index in [2.05, 4.69) is 14.9 Å². The maximum absolute atomic E-state index is 12.1. The Morgan fingerprint density at radius 2 is 2.18 bits per heavy atom. The quantitative estimate of drug-likeness (QED) is 0.730. The van der Waals surface area contributed by atoms with Crippen LogP contribution in [0.15, 0.2) is 5.03 Å². The number of aromatic amines is 1. The monoisotopic (exact) mass is 259 g/mol. The van der Waals surface area contributed by atoms with Crippen molar-refractivity contribution in [2.24, 2.45) is 0 Å². The number of aromatic nitrogens is 2. The lowest BCUT2D eigenvalue weighted by molar-refractivity contribution is 0.247. The van der Waals surface area contributed by atoms with Gasteiger partial charge in [-0.05, 0) is 33.1 Å². The molecule has 0 atom stereocenters. The third-order valence-corrected chi connectivity index (χ3v) is 4.89. The van der Waals surface area contributed by atoms with Crippen LogP contribution in [-0.4, -0.2) is 29.3 Å². The first kappa shape index (κ1) is 12.5. The van der Waals surface area contributed by atoms with E-state index >= 15 is 0 Å². The molecule has 0 radical (unpaired) electrons. The number of sulfonamides is 1. The molecule has 0 saturated heterocycles. The van der Waals surface area contributed by atoms with Crippen LogP contribution in [0.5, 0.6) is 0 Å². The maximum Gasteiger partial charge on any atom is 0.260 e. The van der Waals surface area contributed by atoms with Gasteiger partial charge in [-0.25, -0.2) is 13.1 Å². The minimum Gasteiger partial charge on any atom is -0.392 e. The highest BCUT2D eigenvalue weighted by Crippen LogP contribution is 2.32. The molecule has 17 heavy (non-hydrogen) atoms. The molecule has 1 aromatic rings. The molecule has 2 rings (SSSR count). The first-order valence-electron chi connectivity index (χ1n) is 5.57. The summed E-state index contributed by atoms with van der Waals surface area (Å²) in [7, 11) is -3.65. The highest BCUT2D eigenvalue weighted by Gasteiger charge is 2.37. The van der Waals surface area contributed by atoms with Crippen LogP contribution in [0.2, 0.25) is 0 Å². The Bertz CT molecular complexity index is 517. The maximum atomic E-state index is 12.1. The predicted molar refractivity (Wildman–Crippen MR) is 61.8 cm³/mol. The molecule has 7 heteroatoms. The van der Waals surface area contributed by atoms with Gasteiger partial charge in [0.25, 0.3) is 10.0 Å². The number of aryl methyl sites for hydroxylation is 1. The third kappa shape index (κ3) is 2.22. The SMILES string of the molecule is Cc1[nH]nc(S(=O)(=O)NC2(C)CCC2)c1CO. The van der Waals surface area contributed by atoms with Crippen LogP contribution < -0.4 is 4.72 Å². The molecule has 96 valence electrons. The predicted octanol–water partition coefficient (Wildman–Crippen LogP) is 0.431. The van der Waals surface area contributed by atoms with Crippen LogP contribution in [0.4, 0.5) is 0 Å². The smallest absolute Gasteiger partial charge is 0.260 e. The van der Waals surface area contributed by atoms with E-state index in [1.165, 1.54) is 0 Å². The van der Waals surface area contributed by atoms with E-state index in [0.717, 1.165) is 19.3 Å². The number of hydrogen-bond donors (Lipinski definition) is 3. The van der Waals surface area contributed by atoms with Crippen molar-refractivity contribution in [2.45, 2.75) is 50.3 Å². The third-order valence-electron chi connectivity index (χ3n) is 3.29. The van der Waals surface area contributed by atoms with E-state index in [1.807, 2.05) is 6.92 Å². The lowest BCUT2D eigenvalue weighted by Crippen LogP contribution is -2.50. The molecule has 0 amide bonds. The van der Waals surface area contributed by atoms with Gasteiger partial charge in [-0.2, -0.15) is 5.10 Å². The molecular weight excluding hydrogens is 242 g/mol. The molecule has 6 nitrogen and oxygen atoms in total. The molecular formula is C10H17N3O3S. The Kier molecular flexibility index (Phi) is 3.01. The van der Waals surface area contributed by atoms with Crippen molar-refractivity contribution >= 4 is 10.0 Å². The van der Waals surface area contributed by atoms with E-state index in [4.69, 9.17) is 5.11 Å². The first-order valence-corrected chi connectivity index (χ1v) is 7.05. The lowest BCUT2D eigenvalue weighted by Gasteiger charge is -2.38. The van der Waals surface area contributed by atoms with Gasteiger partial charge < -0.3 is 5.11 Å². The summed E-state index contributed by atoms with van der Waals surface area (Å²) in [5.74, 6) is 0. The summed E-state index contributed by atoms with van der Waals surface area (Å²) in [6.45, 7) is 3.23. The summed E-state index contributed by atoms with van der Waals surface area (Å²) >= 11 is 0. The van der Waals surface area contributed by atoms with Gasteiger partial charge >= 0.3 is 0 Å². The van der Waals surface area contributed by atoms with E-state index in [-0.39, 0.29) is 17.2 Å². The van der Waals surface area contributed by atoms with Crippen molar-refractivity contribution in [1.82, 2.24) is 14.9 Å².